The van der Waals surface area contributed by atoms with E-state index in [2.05, 4.69) is 15.0 Å². The molecule has 0 aliphatic heterocycles. The Bertz CT molecular complexity index is 776. The van der Waals surface area contributed by atoms with Gasteiger partial charge < -0.3 is 5.73 Å². The number of benzene rings is 1. The Morgan fingerprint density at radius 2 is 1.89 bits per heavy atom. The Kier molecular flexibility index (Phi) is 2.83. The zero-order chi connectivity index (χ0) is 13.4. The maximum absolute atomic E-state index is 5.97. The number of aromatic nitrogens is 3. The van der Waals surface area contributed by atoms with Gasteiger partial charge in [0.15, 0.2) is 13.7 Å². The molecular weight excluding hydrogens is 258 g/mol. The first kappa shape index (κ1) is 11.9. The number of halogens is 1. The van der Waals surface area contributed by atoms with Crippen LogP contribution in [0.2, 0.25) is 5.02 Å². The summed E-state index contributed by atoms with van der Waals surface area (Å²) in [6.07, 6.45) is 0. The summed E-state index contributed by atoms with van der Waals surface area (Å²) in [5.41, 5.74) is 8.78. The van der Waals surface area contributed by atoms with Crippen molar-refractivity contribution in [3.63, 3.8) is 0 Å². The summed E-state index contributed by atoms with van der Waals surface area (Å²) >= 11 is 5.97. The van der Waals surface area contributed by atoms with Crippen LogP contribution in [0.15, 0.2) is 36.4 Å². The van der Waals surface area contributed by atoms with Crippen molar-refractivity contribution in [3.05, 3.63) is 41.4 Å². The molecule has 0 saturated carbocycles. The van der Waals surface area contributed by atoms with E-state index in [1.807, 2.05) is 36.4 Å². The second kappa shape index (κ2) is 4.51. The Hall–Kier alpha value is -2.14. The van der Waals surface area contributed by atoms with Crippen LogP contribution in [0.3, 0.4) is 0 Å². The summed E-state index contributed by atoms with van der Waals surface area (Å²) in [5.74, 6) is 0.270. The average molecular weight is 266 g/mol. The van der Waals surface area contributed by atoms with Gasteiger partial charge in [-0.1, -0.05) is 23.7 Å². The zero-order valence-electron chi connectivity index (χ0n) is 9.84. The Morgan fingerprint density at radius 3 is 2.68 bits per heavy atom. The lowest BCUT2D eigenvalue weighted by Crippen LogP contribution is -2.15. The van der Waals surface area contributed by atoms with E-state index in [-0.39, 0.29) is 11.5 Å². The van der Waals surface area contributed by atoms with Crippen molar-refractivity contribution >= 4 is 42.0 Å². The van der Waals surface area contributed by atoms with Crippen molar-refractivity contribution in [2.24, 2.45) is 0 Å². The second-order valence-corrected chi connectivity index (χ2v) is 4.48. The molecule has 3 aromatic rings. The van der Waals surface area contributed by atoms with Gasteiger partial charge in [-0.15, -0.1) is 0 Å². The summed E-state index contributed by atoms with van der Waals surface area (Å²) in [4.78, 5) is 12.5. The summed E-state index contributed by atoms with van der Waals surface area (Å²) in [7, 11) is 5.55. The third kappa shape index (κ3) is 2.24. The molecule has 19 heavy (non-hydrogen) atoms. The third-order valence-corrected chi connectivity index (χ3v) is 2.94. The Morgan fingerprint density at radius 1 is 1.05 bits per heavy atom. The van der Waals surface area contributed by atoms with Crippen molar-refractivity contribution in [2.75, 3.05) is 5.73 Å². The van der Waals surface area contributed by atoms with Crippen molar-refractivity contribution in [3.8, 4) is 11.3 Å². The second-order valence-electron chi connectivity index (χ2n) is 4.04. The van der Waals surface area contributed by atoms with Crippen LogP contribution in [-0.4, -0.2) is 22.8 Å². The first-order valence-corrected chi connectivity index (χ1v) is 5.97. The van der Waals surface area contributed by atoms with Gasteiger partial charge in [-0.25, -0.2) is 15.0 Å². The highest BCUT2D eigenvalue weighted by atomic mass is 35.5. The van der Waals surface area contributed by atoms with E-state index in [0.29, 0.717) is 16.1 Å². The molecule has 0 aliphatic carbocycles. The normalized spacial score (nSPS) is 10.8. The van der Waals surface area contributed by atoms with E-state index >= 15 is 0 Å². The SMILES string of the molecule is [B]c1nc(N)c2nc(-c3cccc(Cl)c3)ccc2n1. The monoisotopic (exact) mass is 266 g/mol. The smallest absolute Gasteiger partial charge is 0.170 e. The van der Waals surface area contributed by atoms with Gasteiger partial charge in [0.1, 0.15) is 5.52 Å². The van der Waals surface area contributed by atoms with Crippen LogP contribution in [0.25, 0.3) is 22.3 Å². The summed E-state index contributed by atoms with van der Waals surface area (Å²) in [6, 6.07) is 11.1. The van der Waals surface area contributed by atoms with E-state index in [0.717, 1.165) is 11.3 Å². The number of hydrogen-bond acceptors (Lipinski definition) is 4. The predicted molar refractivity (Wildman–Crippen MR) is 77.6 cm³/mol. The number of nitrogen functional groups attached to an aromatic ring is 1. The largest absolute Gasteiger partial charge is 0.382 e. The molecule has 3 rings (SSSR count). The quantitative estimate of drug-likeness (QED) is 0.681. The van der Waals surface area contributed by atoms with Crippen molar-refractivity contribution in [1.82, 2.24) is 15.0 Å². The minimum Gasteiger partial charge on any atom is -0.382 e. The topological polar surface area (TPSA) is 64.7 Å². The van der Waals surface area contributed by atoms with Crippen molar-refractivity contribution < 1.29 is 0 Å². The fraction of sp³-hybridized carbons (Fsp3) is 0. The molecule has 2 heterocycles. The number of hydrogen-bond donors (Lipinski definition) is 1. The lowest BCUT2D eigenvalue weighted by molar-refractivity contribution is 1.26. The molecule has 0 amide bonds. The lowest BCUT2D eigenvalue weighted by Gasteiger charge is -2.06. The molecule has 4 nitrogen and oxygen atoms in total. The van der Waals surface area contributed by atoms with E-state index < -0.39 is 0 Å². The molecule has 0 unspecified atom stereocenters. The van der Waals surface area contributed by atoms with Crippen LogP contribution >= 0.6 is 11.6 Å². The standard InChI is InChI=1S/C13H8BClN4/c14-13-18-10-5-4-9(17-11(10)12(16)19-13)7-2-1-3-8(15)6-7/h1-6H,(H2,16,18,19). The zero-order valence-corrected chi connectivity index (χ0v) is 10.6. The van der Waals surface area contributed by atoms with Gasteiger partial charge in [-0.2, -0.15) is 0 Å². The molecule has 2 aromatic heterocycles. The summed E-state index contributed by atoms with van der Waals surface area (Å²) in [5, 5.41) is 0.654. The number of rotatable bonds is 1. The van der Waals surface area contributed by atoms with Gasteiger partial charge in [0.05, 0.1) is 16.9 Å². The van der Waals surface area contributed by atoms with Gasteiger partial charge >= 0.3 is 0 Å². The molecule has 0 atom stereocenters. The third-order valence-electron chi connectivity index (χ3n) is 2.71. The fourth-order valence-corrected chi connectivity index (χ4v) is 2.05. The average Bonchev–Trinajstić information content (AvgIpc) is 2.38. The predicted octanol–water partition coefficient (Wildman–Crippen LogP) is 1.72. The first-order valence-electron chi connectivity index (χ1n) is 5.59. The van der Waals surface area contributed by atoms with Gasteiger partial charge in [0, 0.05) is 10.6 Å². The van der Waals surface area contributed by atoms with Crippen LogP contribution in [-0.2, 0) is 0 Å². The maximum atomic E-state index is 5.97. The van der Waals surface area contributed by atoms with E-state index in [9.17, 15) is 0 Å². The molecule has 6 heteroatoms. The minimum atomic E-state index is 0.141. The molecule has 1 aromatic carbocycles. The highest BCUT2D eigenvalue weighted by Crippen LogP contribution is 2.23. The number of nitrogens with zero attached hydrogens (tertiary/aromatic N) is 3. The summed E-state index contributed by atoms with van der Waals surface area (Å²) in [6.45, 7) is 0. The lowest BCUT2D eigenvalue weighted by atomic mass is 10.1. The van der Waals surface area contributed by atoms with Crippen molar-refractivity contribution in [2.45, 2.75) is 0 Å². The molecule has 90 valence electrons. The van der Waals surface area contributed by atoms with Crippen LogP contribution in [0.5, 0.6) is 0 Å². The molecule has 2 radical (unpaired) electrons. The summed E-state index contributed by atoms with van der Waals surface area (Å²) < 4.78 is 0. The Balaban J connectivity index is 2.22. The van der Waals surface area contributed by atoms with Gasteiger partial charge in [-0.3, -0.25) is 0 Å². The number of nitrogens with two attached hydrogens (primary N) is 1. The van der Waals surface area contributed by atoms with E-state index in [4.69, 9.17) is 25.2 Å². The molecule has 2 N–H and O–H groups in total. The Labute approximate surface area is 116 Å². The molecular formula is C13H8BClN4. The molecule has 0 bridgehead atoms. The molecule has 0 fully saturated rings. The number of pyridine rings is 1. The van der Waals surface area contributed by atoms with E-state index in [1.54, 1.807) is 0 Å². The number of anilines is 1. The van der Waals surface area contributed by atoms with Gasteiger partial charge in [0.2, 0.25) is 0 Å². The van der Waals surface area contributed by atoms with Crippen LogP contribution in [0.4, 0.5) is 5.82 Å². The van der Waals surface area contributed by atoms with Gasteiger partial charge in [-0.05, 0) is 24.3 Å². The van der Waals surface area contributed by atoms with Crippen LogP contribution in [0, 0.1) is 0 Å². The van der Waals surface area contributed by atoms with E-state index in [1.165, 1.54) is 0 Å². The van der Waals surface area contributed by atoms with Gasteiger partial charge in [0.25, 0.3) is 0 Å². The van der Waals surface area contributed by atoms with Crippen molar-refractivity contribution in [1.29, 1.82) is 0 Å². The fourth-order valence-electron chi connectivity index (χ4n) is 1.86. The molecule has 0 aliphatic rings. The number of fused-ring (bicyclic) bond motifs is 1. The molecule has 0 saturated heterocycles. The highest BCUT2D eigenvalue weighted by molar-refractivity contribution is 6.31. The first-order chi connectivity index (χ1) is 9.13. The van der Waals surface area contributed by atoms with Crippen LogP contribution < -0.4 is 11.5 Å². The molecule has 0 spiro atoms. The van der Waals surface area contributed by atoms with Crippen LogP contribution in [0.1, 0.15) is 0 Å². The maximum Gasteiger partial charge on any atom is 0.170 e. The highest BCUT2D eigenvalue weighted by Gasteiger charge is 2.07. The minimum absolute atomic E-state index is 0.141.